The molecular weight excluding hydrogens is 269 g/mol. The minimum absolute atomic E-state index is 0.0676. The molecule has 0 aliphatic heterocycles. The van der Waals surface area contributed by atoms with Crippen molar-refractivity contribution in [3.63, 3.8) is 0 Å². The molecule has 1 saturated carbocycles. The number of ether oxygens (including phenoxy) is 1. The van der Waals surface area contributed by atoms with Crippen molar-refractivity contribution in [3.8, 4) is 5.75 Å². The summed E-state index contributed by atoms with van der Waals surface area (Å²) < 4.78 is 18.6. The molecule has 0 radical (unpaired) electrons. The molecule has 3 nitrogen and oxygen atoms in total. The van der Waals surface area contributed by atoms with Gasteiger partial charge < -0.3 is 4.74 Å². The second-order valence-electron chi connectivity index (χ2n) is 6.15. The molecule has 1 aromatic carbocycles. The van der Waals surface area contributed by atoms with Crippen LogP contribution in [0.25, 0.3) is 0 Å². The highest BCUT2D eigenvalue weighted by molar-refractivity contribution is 6.00. The van der Waals surface area contributed by atoms with Crippen molar-refractivity contribution in [1.82, 2.24) is 4.90 Å². The van der Waals surface area contributed by atoms with E-state index in [0.717, 1.165) is 25.8 Å². The molecule has 0 spiro atoms. The maximum atomic E-state index is 13.4. The fraction of sp³-hybridized carbons (Fsp3) is 0.588. The molecule has 0 N–H and O–H groups in total. The average Bonchev–Trinajstić information content (AvgIpc) is 3.27. The van der Waals surface area contributed by atoms with Crippen LogP contribution in [0.1, 0.15) is 43.5 Å². The predicted molar refractivity (Wildman–Crippen MR) is 81.3 cm³/mol. The molecule has 0 atom stereocenters. The summed E-state index contributed by atoms with van der Waals surface area (Å²) in [6.45, 7) is 5.63. The number of carbonyl (C=O) groups excluding carboxylic acids is 1. The van der Waals surface area contributed by atoms with Gasteiger partial charge in [0.05, 0.1) is 19.2 Å². The lowest BCUT2D eigenvalue weighted by atomic mass is 10.1. The van der Waals surface area contributed by atoms with E-state index in [9.17, 15) is 9.18 Å². The normalized spacial score (nSPS) is 14.8. The molecule has 0 heterocycles. The number of carbonyl (C=O) groups is 1. The van der Waals surface area contributed by atoms with Crippen molar-refractivity contribution in [1.29, 1.82) is 0 Å². The molecule has 1 aliphatic rings. The molecule has 0 unspecified atom stereocenters. The lowest BCUT2D eigenvalue weighted by Gasteiger charge is -2.22. The molecular formula is C17H24FNO2. The second kappa shape index (κ2) is 7.03. The van der Waals surface area contributed by atoms with E-state index in [1.807, 2.05) is 0 Å². The summed E-state index contributed by atoms with van der Waals surface area (Å²) in [4.78, 5) is 14.7. The highest BCUT2D eigenvalue weighted by Crippen LogP contribution is 2.28. The Morgan fingerprint density at radius 2 is 2.14 bits per heavy atom. The van der Waals surface area contributed by atoms with E-state index in [4.69, 9.17) is 4.74 Å². The van der Waals surface area contributed by atoms with E-state index >= 15 is 0 Å². The van der Waals surface area contributed by atoms with Gasteiger partial charge in [0.2, 0.25) is 0 Å². The largest absolute Gasteiger partial charge is 0.496 e. The highest BCUT2D eigenvalue weighted by atomic mass is 19.1. The van der Waals surface area contributed by atoms with E-state index < -0.39 is 5.82 Å². The van der Waals surface area contributed by atoms with Gasteiger partial charge in [0.25, 0.3) is 0 Å². The first-order valence-corrected chi connectivity index (χ1v) is 7.62. The summed E-state index contributed by atoms with van der Waals surface area (Å²) >= 11 is 0. The number of rotatable bonds is 8. The van der Waals surface area contributed by atoms with Crippen molar-refractivity contribution in [2.45, 2.75) is 39.2 Å². The lowest BCUT2D eigenvalue weighted by Crippen LogP contribution is -2.33. The van der Waals surface area contributed by atoms with Crippen LogP contribution in [0.5, 0.6) is 5.75 Å². The van der Waals surface area contributed by atoms with Crippen molar-refractivity contribution in [2.24, 2.45) is 5.92 Å². The van der Waals surface area contributed by atoms with Gasteiger partial charge in [0.15, 0.2) is 5.78 Å². The van der Waals surface area contributed by atoms with Crippen molar-refractivity contribution in [2.75, 3.05) is 20.2 Å². The molecule has 0 aromatic heterocycles. The van der Waals surface area contributed by atoms with Gasteiger partial charge in [-0.15, -0.1) is 0 Å². The van der Waals surface area contributed by atoms with Gasteiger partial charge in [-0.2, -0.15) is 0 Å². The predicted octanol–water partition coefficient (Wildman–Crippen LogP) is 3.53. The standard InChI is InChI=1S/C17H24FNO2/c1-12(2)8-9-19(14-5-6-14)11-16(20)15-10-13(18)4-7-17(15)21-3/h4,7,10,12,14H,5-6,8-9,11H2,1-3H3. The Morgan fingerprint density at radius 1 is 1.43 bits per heavy atom. The number of hydrogen-bond acceptors (Lipinski definition) is 3. The number of halogens is 1. The van der Waals surface area contributed by atoms with Gasteiger partial charge in [-0.25, -0.2) is 4.39 Å². The third-order valence-corrected chi connectivity index (χ3v) is 3.87. The molecule has 4 heteroatoms. The smallest absolute Gasteiger partial charge is 0.180 e. The number of hydrogen-bond donors (Lipinski definition) is 0. The fourth-order valence-electron chi connectivity index (χ4n) is 2.42. The van der Waals surface area contributed by atoms with Crippen LogP contribution in [0.2, 0.25) is 0 Å². The van der Waals surface area contributed by atoms with Gasteiger partial charge in [-0.05, 0) is 49.9 Å². The molecule has 1 fully saturated rings. The third kappa shape index (κ3) is 4.53. The van der Waals surface area contributed by atoms with Crippen LogP contribution in [-0.2, 0) is 0 Å². The Hall–Kier alpha value is -1.42. The topological polar surface area (TPSA) is 29.5 Å². The Bertz CT molecular complexity index is 498. The van der Waals surface area contributed by atoms with Gasteiger partial charge >= 0.3 is 0 Å². The van der Waals surface area contributed by atoms with Crippen LogP contribution < -0.4 is 4.74 Å². The summed E-state index contributed by atoms with van der Waals surface area (Å²) in [5.41, 5.74) is 0.340. The zero-order chi connectivity index (χ0) is 15.4. The van der Waals surface area contributed by atoms with Crippen LogP contribution in [0.3, 0.4) is 0 Å². The van der Waals surface area contributed by atoms with E-state index in [1.165, 1.54) is 25.3 Å². The van der Waals surface area contributed by atoms with E-state index in [2.05, 4.69) is 18.7 Å². The molecule has 0 saturated heterocycles. The Kier molecular flexibility index (Phi) is 5.34. The summed E-state index contributed by atoms with van der Waals surface area (Å²) in [7, 11) is 1.50. The third-order valence-electron chi connectivity index (χ3n) is 3.87. The van der Waals surface area contributed by atoms with E-state index in [-0.39, 0.29) is 5.78 Å². The number of Topliss-reactive ketones (excluding diaryl/α,β-unsaturated/α-hetero) is 1. The van der Waals surface area contributed by atoms with E-state index in [1.54, 1.807) is 0 Å². The van der Waals surface area contributed by atoms with Crippen LogP contribution in [-0.4, -0.2) is 36.9 Å². The van der Waals surface area contributed by atoms with Crippen LogP contribution in [0.15, 0.2) is 18.2 Å². The van der Waals surface area contributed by atoms with Crippen LogP contribution >= 0.6 is 0 Å². The zero-order valence-electron chi connectivity index (χ0n) is 13.1. The summed E-state index contributed by atoms with van der Waals surface area (Å²) in [6.07, 6.45) is 3.39. The minimum atomic E-state index is -0.403. The van der Waals surface area contributed by atoms with Crippen molar-refractivity contribution in [3.05, 3.63) is 29.6 Å². The van der Waals surface area contributed by atoms with Gasteiger partial charge in [0, 0.05) is 6.04 Å². The zero-order valence-corrected chi connectivity index (χ0v) is 13.1. The van der Waals surface area contributed by atoms with Crippen molar-refractivity contribution < 1.29 is 13.9 Å². The highest BCUT2D eigenvalue weighted by Gasteiger charge is 2.30. The molecule has 116 valence electrons. The first kappa shape index (κ1) is 16.0. The monoisotopic (exact) mass is 293 g/mol. The summed E-state index contributed by atoms with van der Waals surface area (Å²) in [5.74, 6) is 0.590. The Morgan fingerprint density at radius 3 is 2.71 bits per heavy atom. The number of benzene rings is 1. The molecule has 2 rings (SSSR count). The maximum absolute atomic E-state index is 13.4. The Labute approximate surface area is 126 Å². The lowest BCUT2D eigenvalue weighted by molar-refractivity contribution is 0.0917. The number of ketones is 1. The number of methoxy groups -OCH3 is 1. The second-order valence-corrected chi connectivity index (χ2v) is 6.15. The Balaban J connectivity index is 2.06. The van der Waals surface area contributed by atoms with Gasteiger partial charge in [-0.3, -0.25) is 9.69 Å². The fourth-order valence-corrected chi connectivity index (χ4v) is 2.42. The van der Waals surface area contributed by atoms with Gasteiger partial charge in [-0.1, -0.05) is 13.8 Å². The van der Waals surface area contributed by atoms with E-state index in [0.29, 0.717) is 29.8 Å². The van der Waals surface area contributed by atoms with Crippen molar-refractivity contribution >= 4 is 5.78 Å². The first-order valence-electron chi connectivity index (χ1n) is 7.62. The van der Waals surface area contributed by atoms with Gasteiger partial charge in [0.1, 0.15) is 11.6 Å². The molecule has 1 aromatic rings. The summed E-state index contributed by atoms with van der Waals surface area (Å²) in [5, 5.41) is 0. The number of nitrogens with zero attached hydrogens (tertiary/aromatic N) is 1. The first-order chi connectivity index (χ1) is 10.0. The maximum Gasteiger partial charge on any atom is 0.180 e. The SMILES string of the molecule is COc1ccc(F)cc1C(=O)CN(CCC(C)C)C1CC1. The molecule has 0 bridgehead atoms. The van der Waals surface area contributed by atoms with Crippen LogP contribution in [0.4, 0.5) is 4.39 Å². The minimum Gasteiger partial charge on any atom is -0.496 e. The quantitative estimate of drug-likeness (QED) is 0.687. The molecule has 1 aliphatic carbocycles. The average molecular weight is 293 g/mol. The molecule has 21 heavy (non-hydrogen) atoms. The molecule has 0 amide bonds. The van der Waals surface area contributed by atoms with Crippen LogP contribution in [0, 0.1) is 11.7 Å². The summed E-state index contributed by atoms with van der Waals surface area (Å²) in [6, 6.07) is 4.62.